The van der Waals surface area contributed by atoms with E-state index in [4.69, 9.17) is 0 Å². The molecule has 2 N–H and O–H groups in total. The largest absolute Gasteiger partial charge is 0.416 e. The Hall–Kier alpha value is -2.64. The van der Waals surface area contributed by atoms with Crippen molar-refractivity contribution in [1.29, 1.82) is 0 Å². The number of nitrogens with one attached hydrogen (secondary N) is 2. The molecule has 2 aromatic rings. The van der Waals surface area contributed by atoms with Crippen LogP contribution < -0.4 is 10.6 Å². The van der Waals surface area contributed by atoms with E-state index < -0.39 is 17.6 Å². The van der Waals surface area contributed by atoms with Crippen molar-refractivity contribution in [2.45, 2.75) is 26.4 Å². The molecule has 0 unspecified atom stereocenters. The molecule has 0 atom stereocenters. The molecule has 0 radical (unpaired) electrons. The van der Waals surface area contributed by atoms with Crippen molar-refractivity contribution >= 4 is 17.5 Å². The molecule has 0 aliphatic carbocycles. The molecule has 0 bridgehead atoms. The lowest BCUT2D eigenvalue weighted by Gasteiger charge is -2.10. The van der Waals surface area contributed by atoms with Crippen LogP contribution in [0.15, 0.2) is 30.3 Å². The summed E-state index contributed by atoms with van der Waals surface area (Å²) in [6, 6.07) is 5.73. The van der Waals surface area contributed by atoms with Gasteiger partial charge in [0.15, 0.2) is 0 Å². The van der Waals surface area contributed by atoms with Crippen molar-refractivity contribution in [2.24, 2.45) is 0 Å². The summed E-state index contributed by atoms with van der Waals surface area (Å²) in [7, 11) is 0. The number of carbonyl (C=O) groups is 1. The monoisotopic (exact) mass is 338 g/mol. The zero-order valence-electron chi connectivity index (χ0n) is 13.2. The van der Waals surface area contributed by atoms with E-state index in [-0.39, 0.29) is 11.4 Å². The summed E-state index contributed by atoms with van der Waals surface area (Å²) in [4.78, 5) is 20.5. The van der Waals surface area contributed by atoms with Crippen molar-refractivity contribution in [3.05, 3.63) is 47.3 Å². The van der Waals surface area contributed by atoms with Gasteiger partial charge in [-0.25, -0.2) is 9.97 Å². The molecule has 128 valence electrons. The minimum absolute atomic E-state index is 0.140. The number of benzene rings is 1. The number of hydrogen-bond donors (Lipinski definition) is 2. The molecule has 5 nitrogen and oxygen atoms in total. The Morgan fingerprint density at radius 3 is 2.42 bits per heavy atom. The van der Waals surface area contributed by atoms with Crippen LogP contribution >= 0.6 is 0 Å². The maximum Gasteiger partial charge on any atom is 0.416 e. The number of hydrogen-bond acceptors (Lipinski definition) is 4. The van der Waals surface area contributed by atoms with Crippen molar-refractivity contribution in [2.75, 3.05) is 17.2 Å². The molecule has 2 rings (SSSR count). The third-order valence-electron chi connectivity index (χ3n) is 3.09. The minimum Gasteiger partial charge on any atom is -0.354 e. The van der Waals surface area contributed by atoms with E-state index in [2.05, 4.69) is 20.6 Å². The van der Waals surface area contributed by atoms with Crippen LogP contribution in [-0.2, 0) is 6.18 Å². The zero-order chi connectivity index (χ0) is 17.7. The van der Waals surface area contributed by atoms with Gasteiger partial charge in [-0.1, -0.05) is 6.92 Å². The fraction of sp³-hybridized carbons (Fsp3) is 0.312. The Balaban J connectivity index is 2.13. The summed E-state index contributed by atoms with van der Waals surface area (Å²) in [5, 5.41) is 5.51. The quantitative estimate of drug-likeness (QED) is 0.868. The van der Waals surface area contributed by atoms with Crippen LogP contribution in [0.25, 0.3) is 0 Å². The van der Waals surface area contributed by atoms with Crippen molar-refractivity contribution in [3.63, 3.8) is 0 Å². The van der Waals surface area contributed by atoms with Crippen LogP contribution in [0.1, 0.15) is 35.1 Å². The van der Waals surface area contributed by atoms with Gasteiger partial charge in [-0.05, 0) is 43.7 Å². The second kappa shape index (κ2) is 7.29. The molecule has 1 amide bonds. The lowest BCUT2D eigenvalue weighted by atomic mass is 10.2. The number of alkyl halides is 3. The molecule has 0 aliphatic rings. The maximum atomic E-state index is 12.5. The summed E-state index contributed by atoms with van der Waals surface area (Å²) >= 11 is 0. The van der Waals surface area contributed by atoms with E-state index in [0.717, 1.165) is 18.6 Å². The molecular formula is C16H17F3N4O. The normalized spacial score (nSPS) is 11.2. The Kier molecular flexibility index (Phi) is 5.38. The minimum atomic E-state index is -4.41. The van der Waals surface area contributed by atoms with Gasteiger partial charge in [0.25, 0.3) is 5.91 Å². The summed E-state index contributed by atoms with van der Waals surface area (Å²) in [5.74, 6) is -0.172. The standard InChI is InChI=1S/C16H17F3N4O/c1-3-8-20-15-21-10(2)9-13(23-15)14(24)22-12-6-4-11(5-7-12)16(17,18)19/h4-7,9H,3,8H2,1-2H3,(H,22,24)(H,20,21,23). The van der Waals surface area contributed by atoms with Gasteiger partial charge >= 0.3 is 6.18 Å². The first-order valence-electron chi connectivity index (χ1n) is 7.37. The van der Waals surface area contributed by atoms with Gasteiger partial charge < -0.3 is 10.6 Å². The number of carbonyl (C=O) groups excluding carboxylic acids is 1. The Bertz CT molecular complexity index is 714. The van der Waals surface area contributed by atoms with E-state index >= 15 is 0 Å². The molecule has 0 spiro atoms. The molecule has 1 aromatic heterocycles. The number of nitrogens with zero attached hydrogens (tertiary/aromatic N) is 2. The maximum absolute atomic E-state index is 12.5. The molecule has 0 saturated heterocycles. The summed E-state index contributed by atoms with van der Waals surface area (Å²) in [6.45, 7) is 4.39. The van der Waals surface area contributed by atoms with Crippen molar-refractivity contribution < 1.29 is 18.0 Å². The van der Waals surface area contributed by atoms with Crippen LogP contribution in [-0.4, -0.2) is 22.4 Å². The molecule has 8 heteroatoms. The van der Waals surface area contributed by atoms with Gasteiger partial charge in [-0.15, -0.1) is 0 Å². The van der Waals surface area contributed by atoms with Crippen LogP contribution in [0.4, 0.5) is 24.8 Å². The van der Waals surface area contributed by atoms with E-state index in [0.29, 0.717) is 18.2 Å². The first-order chi connectivity index (χ1) is 11.3. The third kappa shape index (κ3) is 4.68. The highest BCUT2D eigenvalue weighted by atomic mass is 19.4. The number of rotatable bonds is 5. The Morgan fingerprint density at radius 2 is 1.83 bits per heavy atom. The second-order valence-corrected chi connectivity index (χ2v) is 5.17. The summed E-state index contributed by atoms with van der Waals surface area (Å²) in [5.41, 5.74) is 0.235. The molecule has 24 heavy (non-hydrogen) atoms. The molecule has 1 heterocycles. The number of aromatic nitrogens is 2. The van der Waals surface area contributed by atoms with Gasteiger partial charge in [0.1, 0.15) is 5.69 Å². The van der Waals surface area contributed by atoms with E-state index in [1.165, 1.54) is 18.2 Å². The van der Waals surface area contributed by atoms with E-state index in [1.807, 2.05) is 6.92 Å². The van der Waals surface area contributed by atoms with Crippen LogP contribution in [0, 0.1) is 6.92 Å². The average Bonchev–Trinajstić information content (AvgIpc) is 2.52. The van der Waals surface area contributed by atoms with E-state index in [1.54, 1.807) is 6.92 Å². The first kappa shape index (κ1) is 17.7. The topological polar surface area (TPSA) is 66.9 Å². The fourth-order valence-electron chi connectivity index (χ4n) is 1.94. The Morgan fingerprint density at radius 1 is 1.17 bits per heavy atom. The predicted molar refractivity (Wildman–Crippen MR) is 84.9 cm³/mol. The highest BCUT2D eigenvalue weighted by Crippen LogP contribution is 2.29. The number of amides is 1. The molecule has 0 saturated carbocycles. The second-order valence-electron chi connectivity index (χ2n) is 5.17. The molecule has 0 aliphatic heterocycles. The highest BCUT2D eigenvalue weighted by molar-refractivity contribution is 6.03. The number of halogens is 3. The smallest absolute Gasteiger partial charge is 0.354 e. The lowest BCUT2D eigenvalue weighted by molar-refractivity contribution is -0.137. The molecule has 1 aromatic carbocycles. The number of anilines is 2. The highest BCUT2D eigenvalue weighted by Gasteiger charge is 2.30. The molecule has 0 fully saturated rings. The summed E-state index contributed by atoms with van der Waals surface area (Å²) < 4.78 is 37.6. The van der Waals surface area contributed by atoms with Gasteiger partial charge in [-0.2, -0.15) is 13.2 Å². The first-order valence-corrected chi connectivity index (χ1v) is 7.37. The summed E-state index contributed by atoms with van der Waals surface area (Å²) in [6.07, 6.45) is -3.53. The predicted octanol–water partition coefficient (Wildman–Crippen LogP) is 3.88. The van der Waals surface area contributed by atoms with Crippen molar-refractivity contribution in [1.82, 2.24) is 9.97 Å². The zero-order valence-corrected chi connectivity index (χ0v) is 13.2. The third-order valence-corrected chi connectivity index (χ3v) is 3.09. The van der Waals surface area contributed by atoms with Crippen LogP contribution in [0.5, 0.6) is 0 Å². The van der Waals surface area contributed by atoms with Crippen LogP contribution in [0.3, 0.4) is 0 Å². The van der Waals surface area contributed by atoms with E-state index in [9.17, 15) is 18.0 Å². The van der Waals surface area contributed by atoms with Gasteiger partial charge in [0.05, 0.1) is 5.56 Å². The lowest BCUT2D eigenvalue weighted by Crippen LogP contribution is -2.16. The van der Waals surface area contributed by atoms with Crippen LogP contribution in [0.2, 0.25) is 0 Å². The average molecular weight is 338 g/mol. The fourth-order valence-corrected chi connectivity index (χ4v) is 1.94. The SMILES string of the molecule is CCCNc1nc(C)cc(C(=O)Nc2ccc(C(F)(F)F)cc2)n1. The van der Waals surface area contributed by atoms with Crippen molar-refractivity contribution in [3.8, 4) is 0 Å². The molecular weight excluding hydrogens is 321 g/mol. The Labute approximate surface area is 137 Å². The van der Waals surface area contributed by atoms with Gasteiger partial charge in [-0.3, -0.25) is 4.79 Å². The van der Waals surface area contributed by atoms with Gasteiger partial charge in [0.2, 0.25) is 5.95 Å². The number of aryl methyl sites for hydroxylation is 1. The van der Waals surface area contributed by atoms with Gasteiger partial charge in [0, 0.05) is 17.9 Å².